The van der Waals surface area contributed by atoms with Gasteiger partial charge in [-0.2, -0.15) is 9.97 Å². The van der Waals surface area contributed by atoms with Crippen molar-refractivity contribution in [3.8, 4) is 6.01 Å². The first kappa shape index (κ1) is 31.8. The number of carbonyl (C=O) groups is 1. The van der Waals surface area contributed by atoms with Crippen LogP contribution >= 0.6 is 0 Å². The Kier molecular flexibility index (Phi) is 9.46. The van der Waals surface area contributed by atoms with Crippen LogP contribution in [0.25, 0.3) is 15.6 Å². The molecule has 1 saturated carbocycles. The average Bonchev–Trinajstić information content (AvgIpc) is 3.02. The highest BCUT2D eigenvalue weighted by atomic mass is 16.5. The van der Waals surface area contributed by atoms with Gasteiger partial charge in [0, 0.05) is 55.4 Å². The summed E-state index contributed by atoms with van der Waals surface area (Å²) >= 11 is 0. The molecule has 0 bridgehead atoms. The zero-order valence-corrected chi connectivity index (χ0v) is 27.8. The third-order valence-electron chi connectivity index (χ3n) is 10.4. The number of aryl methyl sites for hydroxylation is 1. The second-order valence-corrected chi connectivity index (χ2v) is 13.4. The molecule has 1 aromatic heterocycles. The summed E-state index contributed by atoms with van der Waals surface area (Å²) in [5.41, 5.74) is 4.59. The van der Waals surface area contributed by atoms with Crippen molar-refractivity contribution in [2.24, 2.45) is 5.92 Å². The highest BCUT2D eigenvalue weighted by Crippen LogP contribution is 2.36. The number of aromatic nitrogens is 2. The largest absolute Gasteiger partial charge is 0.459 e. The predicted molar refractivity (Wildman–Crippen MR) is 184 cm³/mol. The molecule has 9 nitrogen and oxygen atoms in total. The van der Waals surface area contributed by atoms with Crippen LogP contribution in [-0.4, -0.2) is 90.2 Å². The van der Waals surface area contributed by atoms with E-state index in [0.29, 0.717) is 38.2 Å². The van der Waals surface area contributed by atoms with Gasteiger partial charge in [-0.15, -0.1) is 0 Å². The Morgan fingerprint density at radius 1 is 1.15 bits per heavy atom. The van der Waals surface area contributed by atoms with Gasteiger partial charge in [0.25, 0.3) is 0 Å². The number of likely N-dealkylation sites (N-methyl/N-ethyl adjacent to an activating group) is 1. The lowest BCUT2D eigenvalue weighted by atomic mass is 9.80. The summed E-state index contributed by atoms with van der Waals surface area (Å²) in [6.45, 7) is 22.0. The summed E-state index contributed by atoms with van der Waals surface area (Å²) in [6, 6.07) is 13.7. The molecule has 9 heteroatoms. The minimum atomic E-state index is -0.231. The van der Waals surface area contributed by atoms with Gasteiger partial charge in [-0.05, 0) is 76.1 Å². The molecule has 3 atom stereocenters. The summed E-state index contributed by atoms with van der Waals surface area (Å²) in [4.78, 5) is 35.3. The molecule has 6 rings (SSSR count). The Balaban J connectivity index is 1.31. The fraction of sp³-hybridized carbons (Fsp3) is 0.514. The van der Waals surface area contributed by atoms with E-state index in [1.54, 1.807) is 4.90 Å². The monoisotopic (exact) mass is 621 g/mol. The molecular formula is C37H47N7O2. The Morgan fingerprint density at radius 3 is 2.65 bits per heavy atom. The first-order valence-corrected chi connectivity index (χ1v) is 16.8. The van der Waals surface area contributed by atoms with Gasteiger partial charge in [-0.25, -0.2) is 6.57 Å². The summed E-state index contributed by atoms with van der Waals surface area (Å²) in [5.74, 6) is 1.51. The van der Waals surface area contributed by atoms with Crippen LogP contribution in [0, 0.1) is 19.4 Å². The molecule has 46 heavy (non-hydrogen) atoms. The van der Waals surface area contributed by atoms with Gasteiger partial charge >= 0.3 is 6.01 Å². The van der Waals surface area contributed by atoms with Gasteiger partial charge < -0.3 is 24.3 Å². The van der Waals surface area contributed by atoms with E-state index in [1.165, 1.54) is 47.4 Å². The molecule has 3 heterocycles. The van der Waals surface area contributed by atoms with E-state index >= 15 is 0 Å². The number of benzene rings is 2. The second kappa shape index (κ2) is 13.7. The van der Waals surface area contributed by atoms with Gasteiger partial charge in [0.1, 0.15) is 18.0 Å². The number of nitrogens with zero attached hydrogens (tertiary/aromatic N) is 7. The van der Waals surface area contributed by atoms with Gasteiger partial charge in [-0.3, -0.25) is 9.69 Å². The lowest BCUT2D eigenvalue weighted by Crippen LogP contribution is -2.56. The van der Waals surface area contributed by atoms with Crippen LogP contribution in [0.2, 0.25) is 0 Å². The van der Waals surface area contributed by atoms with Crippen molar-refractivity contribution < 1.29 is 9.53 Å². The maximum absolute atomic E-state index is 12.6. The minimum absolute atomic E-state index is 0.0873. The number of rotatable bonds is 10. The van der Waals surface area contributed by atoms with Crippen molar-refractivity contribution >= 4 is 28.2 Å². The van der Waals surface area contributed by atoms with E-state index in [-0.39, 0.29) is 24.6 Å². The van der Waals surface area contributed by atoms with Crippen molar-refractivity contribution in [3.63, 3.8) is 0 Å². The lowest BCUT2D eigenvalue weighted by molar-refractivity contribution is -0.128. The number of anilines is 2. The van der Waals surface area contributed by atoms with Crippen molar-refractivity contribution in [2.75, 3.05) is 56.1 Å². The number of piperazine rings is 1. The standard InChI is InChI=1S/C37H47N7O2/c1-7-34(45)44-20-19-43(23-30(44)21-38-5)36-31-17-18-42(33-16-10-15-29-14-8-11-25(2)35(29)33)24-32(31)39-37(40-36)46-26(3)22-41(6)27(4)28-12-9-13-28/h7-8,10-11,14-16,26-28,30H,1,9,12-13,17-24H2,2-4,6H3/t26-,27+,30+/m1/s1. The normalized spacial score (nSPS) is 19.7. The molecule has 0 N–H and O–H groups in total. The molecule has 0 spiro atoms. The molecule has 1 aliphatic carbocycles. The van der Waals surface area contributed by atoms with Crippen LogP contribution in [-0.2, 0) is 17.8 Å². The van der Waals surface area contributed by atoms with E-state index < -0.39 is 0 Å². The number of hydrogen-bond acceptors (Lipinski definition) is 7. The van der Waals surface area contributed by atoms with Crippen LogP contribution in [0.5, 0.6) is 6.01 Å². The van der Waals surface area contributed by atoms with Gasteiger partial charge in [-0.1, -0.05) is 43.3 Å². The van der Waals surface area contributed by atoms with E-state index in [2.05, 4.69) is 90.3 Å². The molecule has 1 saturated heterocycles. The molecule has 0 unspecified atom stereocenters. The zero-order valence-electron chi connectivity index (χ0n) is 27.8. The average molecular weight is 622 g/mol. The van der Waals surface area contributed by atoms with Gasteiger partial charge in [0.15, 0.2) is 0 Å². The molecule has 3 aromatic rings. The summed E-state index contributed by atoms with van der Waals surface area (Å²) in [5, 5.41) is 2.52. The zero-order chi connectivity index (χ0) is 32.4. The number of ether oxygens (including phenoxy) is 1. The number of carbonyl (C=O) groups excluding carboxylic acids is 1. The molecule has 2 fully saturated rings. The lowest BCUT2D eigenvalue weighted by Gasteiger charge is -2.41. The topological polar surface area (TPSA) is 69.4 Å². The van der Waals surface area contributed by atoms with Gasteiger partial charge in [0.05, 0.1) is 12.2 Å². The summed E-state index contributed by atoms with van der Waals surface area (Å²) in [6.07, 6.45) is 6.01. The maximum atomic E-state index is 12.6. The Labute approximate surface area is 273 Å². The Bertz CT molecular complexity index is 1620. The van der Waals surface area contributed by atoms with Crippen LogP contribution in [0.1, 0.15) is 49.9 Å². The number of fused-ring (bicyclic) bond motifs is 2. The molecule has 2 aliphatic heterocycles. The Morgan fingerprint density at radius 2 is 1.93 bits per heavy atom. The molecule has 3 aliphatic rings. The highest BCUT2D eigenvalue weighted by Gasteiger charge is 2.35. The number of hydrogen-bond donors (Lipinski definition) is 0. The van der Waals surface area contributed by atoms with Crippen LogP contribution < -0.4 is 14.5 Å². The van der Waals surface area contributed by atoms with Gasteiger partial charge in [0.2, 0.25) is 12.5 Å². The van der Waals surface area contributed by atoms with Crippen LogP contribution in [0.3, 0.4) is 0 Å². The summed E-state index contributed by atoms with van der Waals surface area (Å²) in [7, 11) is 2.19. The quantitative estimate of drug-likeness (QED) is 0.218. The number of amides is 1. The minimum Gasteiger partial charge on any atom is -0.459 e. The fourth-order valence-corrected chi connectivity index (χ4v) is 7.47. The van der Waals surface area contributed by atoms with Crippen LogP contribution in [0.15, 0.2) is 49.1 Å². The van der Waals surface area contributed by atoms with Crippen molar-refractivity contribution in [1.82, 2.24) is 19.8 Å². The fourth-order valence-electron chi connectivity index (χ4n) is 7.47. The first-order chi connectivity index (χ1) is 22.3. The maximum Gasteiger partial charge on any atom is 0.318 e. The third-order valence-corrected chi connectivity index (χ3v) is 10.4. The van der Waals surface area contributed by atoms with Crippen LogP contribution in [0.4, 0.5) is 11.5 Å². The van der Waals surface area contributed by atoms with Crippen molar-refractivity contribution in [3.05, 3.63) is 77.3 Å². The molecular weight excluding hydrogens is 574 g/mol. The smallest absolute Gasteiger partial charge is 0.318 e. The molecule has 1 amide bonds. The summed E-state index contributed by atoms with van der Waals surface area (Å²) < 4.78 is 6.51. The molecule has 2 aromatic carbocycles. The van der Waals surface area contributed by atoms with E-state index in [4.69, 9.17) is 21.3 Å². The van der Waals surface area contributed by atoms with E-state index in [0.717, 1.165) is 42.5 Å². The van der Waals surface area contributed by atoms with E-state index in [9.17, 15) is 4.79 Å². The second-order valence-electron chi connectivity index (χ2n) is 13.4. The molecule has 242 valence electrons. The molecule has 0 radical (unpaired) electrons. The first-order valence-electron chi connectivity index (χ1n) is 16.8. The third kappa shape index (κ3) is 6.41. The van der Waals surface area contributed by atoms with Crippen molar-refractivity contribution in [1.29, 1.82) is 0 Å². The predicted octanol–water partition coefficient (Wildman–Crippen LogP) is 5.51. The van der Waals surface area contributed by atoms with Crippen molar-refractivity contribution in [2.45, 2.75) is 71.2 Å². The van der Waals surface area contributed by atoms with E-state index in [1.807, 2.05) is 0 Å². The Hall–Kier alpha value is -4.16. The SMILES string of the molecule is [C-]#[N+]C[C@H]1CN(c2nc(O[C@H](C)CN(C)[C@@H](C)C3CCC3)nc3c2CCN(c2cccc4cccc(C)c24)C3)CCN1C(=O)C=C. The highest BCUT2D eigenvalue weighted by molar-refractivity contribution is 5.97.